The molecule has 0 radical (unpaired) electrons. The van der Waals surface area contributed by atoms with E-state index in [4.69, 9.17) is 9.47 Å². The number of hydrogen-bond donors (Lipinski definition) is 1. The van der Waals surface area contributed by atoms with Crippen molar-refractivity contribution in [1.29, 1.82) is 0 Å². The lowest BCUT2D eigenvalue weighted by atomic mass is 10.2. The lowest BCUT2D eigenvalue weighted by molar-refractivity contribution is 0.297. The van der Waals surface area contributed by atoms with E-state index >= 15 is 0 Å². The number of benzene rings is 1. The summed E-state index contributed by atoms with van der Waals surface area (Å²) in [5, 5.41) is 4.32. The highest BCUT2D eigenvalue weighted by atomic mass is 32.1. The normalized spacial score (nSPS) is 14.0. The molecule has 0 amide bonds. The van der Waals surface area contributed by atoms with E-state index in [2.05, 4.69) is 30.2 Å². The molecule has 1 aliphatic heterocycles. The molecule has 0 atom stereocenters. The second-order valence-electron chi connectivity index (χ2n) is 5.52. The fourth-order valence-electron chi connectivity index (χ4n) is 2.10. The highest BCUT2D eigenvalue weighted by molar-refractivity contribution is 7.18. The van der Waals surface area contributed by atoms with Crippen molar-refractivity contribution in [3.05, 3.63) is 24.4 Å². The Balaban J connectivity index is 1.79. The van der Waals surface area contributed by atoms with E-state index in [0.717, 1.165) is 46.6 Å². The third kappa shape index (κ3) is 3.47. The molecule has 3 rings (SSSR count). The highest BCUT2D eigenvalue weighted by Gasteiger charge is 2.13. The van der Waals surface area contributed by atoms with Gasteiger partial charge in [0.2, 0.25) is 0 Å². The summed E-state index contributed by atoms with van der Waals surface area (Å²) in [6.07, 6.45) is 2.83. The Labute approximate surface area is 129 Å². The molecule has 0 fully saturated rings. The highest BCUT2D eigenvalue weighted by Crippen LogP contribution is 2.36. The molecule has 0 spiro atoms. The minimum Gasteiger partial charge on any atom is -0.490 e. The maximum Gasteiger partial charge on any atom is 0.183 e. The maximum absolute atomic E-state index is 5.74. The van der Waals surface area contributed by atoms with Gasteiger partial charge in [0.25, 0.3) is 0 Å². The number of thiazole rings is 1. The van der Waals surface area contributed by atoms with Gasteiger partial charge in [-0.2, -0.15) is 0 Å². The van der Waals surface area contributed by atoms with Crippen LogP contribution in [0.1, 0.15) is 20.3 Å². The summed E-state index contributed by atoms with van der Waals surface area (Å²) in [7, 11) is 0. The number of nitrogens with one attached hydrogen (secondary N) is 1. The number of anilines is 1. The molecule has 112 valence electrons. The quantitative estimate of drug-likeness (QED) is 0.926. The Morgan fingerprint density at radius 1 is 1.24 bits per heavy atom. The van der Waals surface area contributed by atoms with Crippen LogP contribution in [0.15, 0.2) is 24.4 Å². The first kappa shape index (κ1) is 14.2. The third-order valence-corrected chi connectivity index (χ3v) is 4.20. The maximum atomic E-state index is 5.74. The van der Waals surface area contributed by atoms with Crippen LogP contribution in [0.3, 0.4) is 0 Å². The molecule has 0 saturated carbocycles. The average Bonchev–Trinajstić information content (AvgIpc) is 2.82. The molecule has 0 bridgehead atoms. The SMILES string of the molecule is CC(C)CNc1ncc(-c2ccc3c(c2)OCCCO3)s1. The van der Waals surface area contributed by atoms with Crippen LogP contribution in [0.2, 0.25) is 0 Å². The van der Waals surface area contributed by atoms with Crippen molar-refractivity contribution in [3.63, 3.8) is 0 Å². The molecule has 1 aromatic heterocycles. The van der Waals surface area contributed by atoms with Crippen LogP contribution in [0, 0.1) is 5.92 Å². The van der Waals surface area contributed by atoms with Crippen LogP contribution >= 0.6 is 11.3 Å². The van der Waals surface area contributed by atoms with Gasteiger partial charge in [0.05, 0.1) is 18.1 Å². The lowest BCUT2D eigenvalue weighted by Crippen LogP contribution is -2.07. The van der Waals surface area contributed by atoms with Crippen molar-refractivity contribution >= 4 is 16.5 Å². The summed E-state index contributed by atoms with van der Waals surface area (Å²) in [6.45, 7) is 6.74. The zero-order valence-corrected chi connectivity index (χ0v) is 13.2. The molecule has 1 aliphatic rings. The van der Waals surface area contributed by atoms with Gasteiger partial charge in [0, 0.05) is 19.2 Å². The van der Waals surface area contributed by atoms with Gasteiger partial charge in [-0.1, -0.05) is 25.2 Å². The molecule has 0 aliphatic carbocycles. The Hall–Kier alpha value is -1.75. The molecular weight excluding hydrogens is 284 g/mol. The van der Waals surface area contributed by atoms with Gasteiger partial charge in [0.15, 0.2) is 16.6 Å². The number of nitrogens with zero attached hydrogens (tertiary/aromatic N) is 1. The fraction of sp³-hybridized carbons (Fsp3) is 0.438. The number of ether oxygens (including phenoxy) is 2. The van der Waals surface area contributed by atoms with Gasteiger partial charge in [0.1, 0.15) is 0 Å². The largest absolute Gasteiger partial charge is 0.490 e. The molecular formula is C16H20N2O2S. The summed E-state index contributed by atoms with van der Waals surface area (Å²) < 4.78 is 11.4. The molecule has 1 N–H and O–H groups in total. The van der Waals surface area contributed by atoms with Crippen molar-refractivity contribution in [2.45, 2.75) is 20.3 Å². The molecule has 0 unspecified atom stereocenters. The van der Waals surface area contributed by atoms with Crippen molar-refractivity contribution < 1.29 is 9.47 Å². The van der Waals surface area contributed by atoms with Gasteiger partial charge >= 0.3 is 0 Å². The first-order valence-electron chi connectivity index (χ1n) is 7.32. The molecule has 1 aromatic carbocycles. The van der Waals surface area contributed by atoms with E-state index in [1.807, 2.05) is 18.3 Å². The van der Waals surface area contributed by atoms with Crippen LogP contribution in [-0.4, -0.2) is 24.7 Å². The summed E-state index contributed by atoms with van der Waals surface area (Å²) in [6, 6.07) is 6.09. The van der Waals surface area contributed by atoms with Crippen molar-refractivity contribution in [1.82, 2.24) is 4.98 Å². The number of rotatable bonds is 4. The molecule has 0 saturated heterocycles. The Morgan fingerprint density at radius 2 is 2.05 bits per heavy atom. The summed E-state index contributed by atoms with van der Waals surface area (Å²) in [5.74, 6) is 2.27. The zero-order valence-electron chi connectivity index (χ0n) is 12.4. The topological polar surface area (TPSA) is 43.4 Å². The van der Waals surface area contributed by atoms with E-state index in [1.165, 1.54) is 0 Å². The molecule has 5 heteroatoms. The second-order valence-corrected chi connectivity index (χ2v) is 6.55. The predicted molar refractivity (Wildman–Crippen MR) is 86.5 cm³/mol. The lowest BCUT2D eigenvalue weighted by Gasteiger charge is -2.08. The summed E-state index contributed by atoms with van der Waals surface area (Å²) in [5.41, 5.74) is 1.12. The van der Waals surface area contributed by atoms with Gasteiger partial charge in [-0.15, -0.1) is 0 Å². The monoisotopic (exact) mass is 304 g/mol. The first-order chi connectivity index (χ1) is 10.2. The van der Waals surface area contributed by atoms with E-state index in [0.29, 0.717) is 12.5 Å². The Morgan fingerprint density at radius 3 is 2.86 bits per heavy atom. The number of aromatic nitrogens is 1. The number of hydrogen-bond acceptors (Lipinski definition) is 5. The van der Waals surface area contributed by atoms with E-state index in [1.54, 1.807) is 11.3 Å². The average molecular weight is 304 g/mol. The van der Waals surface area contributed by atoms with E-state index in [9.17, 15) is 0 Å². The van der Waals surface area contributed by atoms with E-state index < -0.39 is 0 Å². The molecule has 2 aromatic rings. The van der Waals surface area contributed by atoms with Crippen LogP contribution in [0.5, 0.6) is 11.5 Å². The third-order valence-electron chi connectivity index (χ3n) is 3.20. The fourth-order valence-corrected chi connectivity index (χ4v) is 2.92. The van der Waals surface area contributed by atoms with Gasteiger partial charge in [-0.25, -0.2) is 4.98 Å². The zero-order chi connectivity index (χ0) is 14.7. The summed E-state index contributed by atoms with van der Waals surface area (Å²) in [4.78, 5) is 5.57. The van der Waals surface area contributed by atoms with Crippen molar-refractivity contribution in [3.8, 4) is 21.9 Å². The number of fused-ring (bicyclic) bond motifs is 1. The minimum atomic E-state index is 0.607. The Bertz CT molecular complexity index is 610. The van der Waals surface area contributed by atoms with Crippen molar-refractivity contribution in [2.75, 3.05) is 25.1 Å². The van der Waals surface area contributed by atoms with Crippen LogP contribution in [-0.2, 0) is 0 Å². The predicted octanol–water partition coefficient (Wildman–Crippen LogP) is 4.04. The Kier molecular flexibility index (Phi) is 4.29. The standard InChI is InChI=1S/C16H20N2O2S/c1-11(2)9-17-16-18-10-15(21-16)12-4-5-13-14(8-12)20-7-3-6-19-13/h4-5,8,10-11H,3,6-7,9H2,1-2H3,(H,17,18). The van der Waals surface area contributed by atoms with Gasteiger partial charge in [-0.05, 0) is 29.7 Å². The van der Waals surface area contributed by atoms with Gasteiger partial charge < -0.3 is 14.8 Å². The second kappa shape index (κ2) is 6.35. The molecule has 2 heterocycles. The van der Waals surface area contributed by atoms with Crippen LogP contribution < -0.4 is 14.8 Å². The van der Waals surface area contributed by atoms with E-state index in [-0.39, 0.29) is 0 Å². The summed E-state index contributed by atoms with van der Waals surface area (Å²) >= 11 is 1.67. The van der Waals surface area contributed by atoms with Crippen LogP contribution in [0.25, 0.3) is 10.4 Å². The van der Waals surface area contributed by atoms with Crippen LogP contribution in [0.4, 0.5) is 5.13 Å². The first-order valence-corrected chi connectivity index (χ1v) is 8.14. The van der Waals surface area contributed by atoms with Gasteiger partial charge in [-0.3, -0.25) is 0 Å². The minimum absolute atomic E-state index is 0.607. The molecule has 21 heavy (non-hydrogen) atoms. The smallest absolute Gasteiger partial charge is 0.183 e. The van der Waals surface area contributed by atoms with Crippen molar-refractivity contribution in [2.24, 2.45) is 5.92 Å². The molecule has 4 nitrogen and oxygen atoms in total.